The highest BCUT2D eigenvalue weighted by Gasteiger charge is 2.07. The molecular weight excluding hydrogens is 224 g/mol. The van der Waals surface area contributed by atoms with Crippen LogP contribution in [0.2, 0.25) is 0 Å². The maximum atomic E-state index is 11.3. The number of hydrogen-bond acceptors (Lipinski definition) is 5. The Labute approximate surface area is 96.8 Å². The third-order valence-electron chi connectivity index (χ3n) is 2.46. The number of hydrogen-bond donors (Lipinski definition) is 1. The van der Waals surface area contributed by atoms with E-state index < -0.39 is 5.76 Å². The second kappa shape index (κ2) is 4.32. The first kappa shape index (κ1) is 11.3. The zero-order valence-electron chi connectivity index (χ0n) is 9.52. The zero-order chi connectivity index (χ0) is 12.4. The molecule has 2 aromatic rings. The molecule has 0 fully saturated rings. The smallest absolute Gasteiger partial charge is 0.419 e. The fourth-order valence-corrected chi connectivity index (χ4v) is 1.49. The summed E-state index contributed by atoms with van der Waals surface area (Å²) in [6.45, 7) is 0.0685. The van der Waals surface area contributed by atoms with Gasteiger partial charge in [-0.25, -0.2) is 4.79 Å². The van der Waals surface area contributed by atoms with Gasteiger partial charge in [-0.05, 0) is 12.1 Å². The SMILES string of the molecule is COC(=O)CNc1ccc2c(c1)oc(=O)n2C. The highest BCUT2D eigenvalue weighted by Crippen LogP contribution is 2.17. The van der Waals surface area contributed by atoms with Crippen LogP contribution in [0.3, 0.4) is 0 Å². The van der Waals surface area contributed by atoms with Crippen LogP contribution in [0.15, 0.2) is 27.4 Å². The van der Waals surface area contributed by atoms with E-state index in [-0.39, 0.29) is 12.5 Å². The minimum absolute atomic E-state index is 0.0685. The van der Waals surface area contributed by atoms with Crippen LogP contribution in [0.5, 0.6) is 0 Å². The summed E-state index contributed by atoms with van der Waals surface area (Å²) in [5.41, 5.74) is 1.88. The molecule has 1 aromatic heterocycles. The third-order valence-corrected chi connectivity index (χ3v) is 2.46. The largest absolute Gasteiger partial charge is 0.468 e. The predicted octanol–water partition coefficient (Wildman–Crippen LogP) is 0.716. The van der Waals surface area contributed by atoms with Crippen LogP contribution in [0.25, 0.3) is 11.1 Å². The van der Waals surface area contributed by atoms with E-state index in [1.807, 2.05) is 0 Å². The number of aromatic nitrogens is 1. The summed E-state index contributed by atoms with van der Waals surface area (Å²) in [4.78, 5) is 22.2. The van der Waals surface area contributed by atoms with Crippen molar-refractivity contribution >= 4 is 22.8 Å². The Kier molecular flexibility index (Phi) is 2.86. The topological polar surface area (TPSA) is 73.5 Å². The molecule has 0 atom stereocenters. The second-order valence-electron chi connectivity index (χ2n) is 3.54. The zero-order valence-corrected chi connectivity index (χ0v) is 9.52. The van der Waals surface area contributed by atoms with Crippen molar-refractivity contribution in [2.75, 3.05) is 19.0 Å². The van der Waals surface area contributed by atoms with Crippen molar-refractivity contribution in [1.29, 1.82) is 0 Å². The maximum absolute atomic E-state index is 11.3. The van der Waals surface area contributed by atoms with Crippen molar-refractivity contribution in [3.05, 3.63) is 28.7 Å². The van der Waals surface area contributed by atoms with Gasteiger partial charge in [-0.3, -0.25) is 9.36 Å². The quantitative estimate of drug-likeness (QED) is 0.795. The maximum Gasteiger partial charge on any atom is 0.419 e. The molecule has 0 spiro atoms. The summed E-state index contributed by atoms with van der Waals surface area (Å²) in [5, 5.41) is 2.87. The summed E-state index contributed by atoms with van der Waals surface area (Å²) in [5.74, 6) is -0.773. The lowest BCUT2D eigenvalue weighted by molar-refractivity contribution is -0.138. The van der Waals surface area contributed by atoms with Crippen molar-refractivity contribution in [3.8, 4) is 0 Å². The third kappa shape index (κ3) is 2.15. The van der Waals surface area contributed by atoms with Gasteiger partial charge in [0.25, 0.3) is 0 Å². The molecule has 6 nitrogen and oxygen atoms in total. The Morgan fingerprint density at radius 1 is 1.53 bits per heavy atom. The van der Waals surface area contributed by atoms with Gasteiger partial charge in [0.2, 0.25) is 0 Å². The molecule has 17 heavy (non-hydrogen) atoms. The molecule has 0 unspecified atom stereocenters. The van der Waals surface area contributed by atoms with Crippen LogP contribution in [-0.4, -0.2) is 24.2 Å². The number of fused-ring (bicyclic) bond motifs is 1. The van der Waals surface area contributed by atoms with Gasteiger partial charge in [0.15, 0.2) is 5.58 Å². The van der Waals surface area contributed by atoms with Gasteiger partial charge in [0.1, 0.15) is 6.54 Å². The molecule has 90 valence electrons. The molecule has 0 bridgehead atoms. The number of carbonyl (C=O) groups is 1. The van der Waals surface area contributed by atoms with Crippen LogP contribution < -0.4 is 11.1 Å². The fraction of sp³-hybridized carbons (Fsp3) is 0.273. The monoisotopic (exact) mass is 236 g/mol. The molecule has 1 aromatic carbocycles. The van der Waals surface area contributed by atoms with Gasteiger partial charge in [-0.15, -0.1) is 0 Å². The lowest BCUT2D eigenvalue weighted by Crippen LogP contribution is -2.14. The Morgan fingerprint density at radius 3 is 3.00 bits per heavy atom. The number of benzene rings is 1. The van der Waals surface area contributed by atoms with Crippen LogP contribution in [0.1, 0.15) is 0 Å². The molecule has 0 saturated heterocycles. The van der Waals surface area contributed by atoms with E-state index in [9.17, 15) is 9.59 Å². The number of nitrogens with zero attached hydrogens (tertiary/aromatic N) is 1. The molecule has 0 aliphatic heterocycles. The Balaban J connectivity index is 2.26. The number of carbonyl (C=O) groups excluding carboxylic acids is 1. The minimum atomic E-state index is -0.412. The van der Waals surface area contributed by atoms with Gasteiger partial charge in [0, 0.05) is 18.8 Å². The Morgan fingerprint density at radius 2 is 2.29 bits per heavy atom. The van der Waals surface area contributed by atoms with Crippen molar-refractivity contribution in [2.45, 2.75) is 0 Å². The van der Waals surface area contributed by atoms with Crippen LogP contribution in [0, 0.1) is 0 Å². The lowest BCUT2D eigenvalue weighted by atomic mass is 10.3. The first-order valence-electron chi connectivity index (χ1n) is 5.02. The number of oxazole rings is 1. The van der Waals surface area contributed by atoms with Crippen LogP contribution in [-0.2, 0) is 16.6 Å². The van der Waals surface area contributed by atoms with E-state index in [2.05, 4.69) is 10.1 Å². The van der Waals surface area contributed by atoms with Crippen LogP contribution in [0.4, 0.5) is 5.69 Å². The highest BCUT2D eigenvalue weighted by molar-refractivity contribution is 5.79. The summed E-state index contributed by atoms with van der Waals surface area (Å²) in [6.07, 6.45) is 0. The van der Waals surface area contributed by atoms with Gasteiger partial charge < -0.3 is 14.5 Å². The minimum Gasteiger partial charge on any atom is -0.468 e. The Bertz CT molecular complexity index is 611. The number of rotatable bonds is 3. The first-order valence-corrected chi connectivity index (χ1v) is 5.02. The van der Waals surface area contributed by atoms with Crippen molar-refractivity contribution in [1.82, 2.24) is 4.57 Å². The molecule has 1 N–H and O–H groups in total. The molecule has 2 rings (SSSR count). The molecule has 0 saturated carbocycles. The number of anilines is 1. The molecule has 0 radical (unpaired) electrons. The molecular formula is C11H12N2O4. The van der Waals surface area contributed by atoms with E-state index in [1.165, 1.54) is 11.7 Å². The fourth-order valence-electron chi connectivity index (χ4n) is 1.49. The predicted molar refractivity (Wildman–Crippen MR) is 62.0 cm³/mol. The van der Waals surface area contributed by atoms with Gasteiger partial charge >= 0.3 is 11.7 Å². The van der Waals surface area contributed by atoms with Crippen molar-refractivity contribution in [3.63, 3.8) is 0 Å². The van der Waals surface area contributed by atoms with Crippen LogP contribution >= 0.6 is 0 Å². The standard InChI is InChI=1S/C11H12N2O4/c1-13-8-4-3-7(12-6-10(14)16-2)5-9(8)17-11(13)15/h3-5,12H,6H2,1-2H3. The lowest BCUT2D eigenvalue weighted by Gasteiger charge is -2.04. The van der Waals surface area contributed by atoms with E-state index in [4.69, 9.17) is 4.42 Å². The first-order chi connectivity index (χ1) is 8.11. The summed E-state index contributed by atoms with van der Waals surface area (Å²) >= 11 is 0. The summed E-state index contributed by atoms with van der Waals surface area (Å²) < 4.78 is 10.9. The molecule has 1 heterocycles. The van der Waals surface area contributed by atoms with Gasteiger partial charge in [-0.1, -0.05) is 0 Å². The number of methoxy groups -OCH3 is 1. The molecule has 0 aliphatic rings. The number of ether oxygens (including phenoxy) is 1. The summed E-state index contributed by atoms with van der Waals surface area (Å²) in [7, 11) is 2.96. The average Bonchev–Trinajstić information content (AvgIpc) is 2.62. The Hall–Kier alpha value is -2.24. The van der Waals surface area contributed by atoms with E-state index in [1.54, 1.807) is 25.2 Å². The molecule has 6 heteroatoms. The number of aryl methyl sites for hydroxylation is 1. The highest BCUT2D eigenvalue weighted by atomic mass is 16.5. The number of nitrogens with one attached hydrogen (secondary N) is 1. The van der Waals surface area contributed by atoms with Gasteiger partial charge in [-0.2, -0.15) is 0 Å². The number of esters is 1. The van der Waals surface area contributed by atoms with E-state index in [0.29, 0.717) is 16.8 Å². The van der Waals surface area contributed by atoms with Crippen molar-refractivity contribution < 1.29 is 13.9 Å². The van der Waals surface area contributed by atoms with E-state index >= 15 is 0 Å². The molecule has 0 aliphatic carbocycles. The van der Waals surface area contributed by atoms with Gasteiger partial charge in [0.05, 0.1) is 12.6 Å². The average molecular weight is 236 g/mol. The van der Waals surface area contributed by atoms with E-state index in [0.717, 1.165) is 0 Å². The second-order valence-corrected chi connectivity index (χ2v) is 3.54. The van der Waals surface area contributed by atoms with Crippen molar-refractivity contribution in [2.24, 2.45) is 7.05 Å². The molecule has 0 amide bonds. The normalized spacial score (nSPS) is 10.5. The summed E-state index contributed by atoms with van der Waals surface area (Å²) in [6, 6.07) is 5.18.